The predicted molar refractivity (Wildman–Crippen MR) is 106 cm³/mol. The third-order valence-corrected chi connectivity index (χ3v) is 9.85. The van der Waals surface area contributed by atoms with E-state index in [1.807, 2.05) is 0 Å². The summed E-state index contributed by atoms with van der Waals surface area (Å²) >= 11 is 0. The molecule has 0 heterocycles. The first-order chi connectivity index (χ1) is 12.4. The first-order valence-electron chi connectivity index (χ1n) is 11.5. The van der Waals surface area contributed by atoms with Gasteiger partial charge >= 0.3 is 0 Å². The number of rotatable bonds is 3. The molecule has 148 valence electrons. The molecule has 0 aromatic rings. The molecule has 0 aromatic heterocycles. The van der Waals surface area contributed by atoms with E-state index < -0.39 is 5.60 Å². The van der Waals surface area contributed by atoms with Crippen LogP contribution in [0.25, 0.3) is 0 Å². The SMILES string of the molecule is CCC[C@]12CC[C@@](C)(O)C[C@H]1CC[C@H]1[C@@H]3CCC[C@H](C=O)[C@@]3(C)CC[C@@H]12. The van der Waals surface area contributed by atoms with Gasteiger partial charge in [0.2, 0.25) is 0 Å². The summed E-state index contributed by atoms with van der Waals surface area (Å²) in [5, 5.41) is 10.7. The number of carbonyl (C=O) groups excluding carboxylic acids is 1. The molecule has 0 radical (unpaired) electrons. The van der Waals surface area contributed by atoms with E-state index in [0.717, 1.165) is 42.9 Å². The molecular formula is C24H40O2. The lowest BCUT2D eigenvalue weighted by Crippen LogP contribution is -2.58. The van der Waals surface area contributed by atoms with Gasteiger partial charge in [-0.15, -0.1) is 0 Å². The lowest BCUT2D eigenvalue weighted by Gasteiger charge is -2.65. The Morgan fingerprint density at radius 3 is 2.54 bits per heavy atom. The Balaban J connectivity index is 1.66. The summed E-state index contributed by atoms with van der Waals surface area (Å²) in [5.74, 6) is 3.47. The minimum atomic E-state index is -0.439. The highest BCUT2D eigenvalue weighted by Gasteiger charge is 2.60. The first-order valence-corrected chi connectivity index (χ1v) is 11.5. The number of carbonyl (C=O) groups is 1. The number of fused-ring (bicyclic) bond motifs is 5. The van der Waals surface area contributed by atoms with Gasteiger partial charge in [-0.1, -0.05) is 26.7 Å². The van der Waals surface area contributed by atoms with E-state index in [2.05, 4.69) is 20.8 Å². The summed E-state index contributed by atoms with van der Waals surface area (Å²) in [6.07, 6.45) is 16.2. The zero-order valence-electron chi connectivity index (χ0n) is 17.3. The van der Waals surface area contributed by atoms with Crippen molar-refractivity contribution in [2.75, 3.05) is 0 Å². The van der Waals surface area contributed by atoms with Gasteiger partial charge in [-0.25, -0.2) is 0 Å². The Labute approximate surface area is 160 Å². The van der Waals surface area contributed by atoms with Crippen LogP contribution in [0.2, 0.25) is 0 Å². The van der Waals surface area contributed by atoms with Crippen LogP contribution in [-0.4, -0.2) is 17.0 Å². The number of aldehydes is 1. The molecule has 0 aromatic carbocycles. The number of hydrogen-bond donors (Lipinski definition) is 1. The fourth-order valence-corrected chi connectivity index (χ4v) is 8.66. The zero-order chi connectivity index (χ0) is 18.6. The zero-order valence-corrected chi connectivity index (χ0v) is 17.3. The number of hydrogen-bond acceptors (Lipinski definition) is 2. The van der Waals surface area contributed by atoms with Crippen molar-refractivity contribution in [3.63, 3.8) is 0 Å². The molecular weight excluding hydrogens is 320 g/mol. The van der Waals surface area contributed by atoms with Gasteiger partial charge in [-0.05, 0) is 106 Å². The van der Waals surface area contributed by atoms with Gasteiger partial charge in [0.25, 0.3) is 0 Å². The van der Waals surface area contributed by atoms with Crippen LogP contribution in [0.5, 0.6) is 0 Å². The highest BCUT2D eigenvalue weighted by molar-refractivity contribution is 5.55. The van der Waals surface area contributed by atoms with Crippen LogP contribution < -0.4 is 0 Å². The van der Waals surface area contributed by atoms with Gasteiger partial charge in [0.15, 0.2) is 0 Å². The van der Waals surface area contributed by atoms with Crippen molar-refractivity contribution in [1.29, 1.82) is 0 Å². The van der Waals surface area contributed by atoms with Crippen LogP contribution in [0.4, 0.5) is 0 Å². The summed E-state index contributed by atoms with van der Waals surface area (Å²) in [6, 6.07) is 0. The highest BCUT2D eigenvalue weighted by Crippen LogP contribution is 2.68. The average molecular weight is 361 g/mol. The van der Waals surface area contributed by atoms with Gasteiger partial charge in [0.05, 0.1) is 5.60 Å². The van der Waals surface area contributed by atoms with Crippen molar-refractivity contribution in [3.05, 3.63) is 0 Å². The van der Waals surface area contributed by atoms with E-state index in [1.165, 1.54) is 64.1 Å². The topological polar surface area (TPSA) is 37.3 Å². The monoisotopic (exact) mass is 360 g/mol. The molecule has 0 saturated heterocycles. The van der Waals surface area contributed by atoms with Crippen molar-refractivity contribution in [1.82, 2.24) is 0 Å². The van der Waals surface area contributed by atoms with Gasteiger partial charge in [-0.3, -0.25) is 0 Å². The van der Waals surface area contributed by atoms with E-state index in [-0.39, 0.29) is 5.41 Å². The molecule has 4 aliphatic carbocycles. The van der Waals surface area contributed by atoms with E-state index in [4.69, 9.17) is 0 Å². The summed E-state index contributed by atoms with van der Waals surface area (Å²) in [6.45, 7) is 6.89. The minimum absolute atomic E-state index is 0.265. The van der Waals surface area contributed by atoms with E-state index in [1.54, 1.807) is 0 Å². The molecule has 26 heavy (non-hydrogen) atoms. The summed E-state index contributed by atoms with van der Waals surface area (Å²) < 4.78 is 0. The van der Waals surface area contributed by atoms with E-state index in [0.29, 0.717) is 11.3 Å². The Kier molecular flexibility index (Phi) is 4.82. The molecule has 2 nitrogen and oxygen atoms in total. The lowest BCUT2D eigenvalue weighted by atomic mass is 9.40. The first kappa shape index (κ1) is 19.0. The van der Waals surface area contributed by atoms with Crippen molar-refractivity contribution in [2.24, 2.45) is 40.4 Å². The second-order valence-electron chi connectivity index (χ2n) is 11.1. The molecule has 4 saturated carbocycles. The van der Waals surface area contributed by atoms with Gasteiger partial charge in [-0.2, -0.15) is 0 Å². The minimum Gasteiger partial charge on any atom is -0.390 e. The third-order valence-electron chi connectivity index (χ3n) is 9.85. The van der Waals surface area contributed by atoms with Gasteiger partial charge in [0, 0.05) is 5.92 Å². The molecule has 0 spiro atoms. The maximum Gasteiger partial charge on any atom is 0.123 e. The molecule has 0 bridgehead atoms. The second kappa shape index (κ2) is 6.61. The molecule has 0 amide bonds. The fourth-order valence-electron chi connectivity index (χ4n) is 8.66. The normalized spacial score (nSPS) is 53.9. The Bertz CT molecular complexity index is 540. The maximum absolute atomic E-state index is 11.8. The highest BCUT2D eigenvalue weighted by atomic mass is 16.3. The van der Waals surface area contributed by atoms with E-state index in [9.17, 15) is 9.90 Å². The average Bonchev–Trinajstić information content (AvgIpc) is 2.60. The quantitative estimate of drug-likeness (QED) is 0.649. The standard InChI is InChI=1S/C24H40O2/c1-4-11-24-14-13-22(2,26)15-17(24)8-9-19-20-7-5-6-18(16-25)23(20,3)12-10-21(19)24/h16-21,26H,4-15H2,1-3H3/t17-,18-,19+,20+,21+,22-,23-,24+/m1/s1. The Hall–Kier alpha value is -0.370. The van der Waals surface area contributed by atoms with Gasteiger partial charge < -0.3 is 9.90 Å². The summed E-state index contributed by atoms with van der Waals surface area (Å²) in [4.78, 5) is 11.8. The largest absolute Gasteiger partial charge is 0.390 e. The van der Waals surface area contributed by atoms with Crippen LogP contribution in [-0.2, 0) is 4.79 Å². The Morgan fingerprint density at radius 1 is 1.00 bits per heavy atom. The van der Waals surface area contributed by atoms with Crippen LogP contribution in [0, 0.1) is 40.4 Å². The smallest absolute Gasteiger partial charge is 0.123 e. The van der Waals surface area contributed by atoms with Gasteiger partial charge in [0.1, 0.15) is 6.29 Å². The van der Waals surface area contributed by atoms with Crippen LogP contribution >= 0.6 is 0 Å². The third kappa shape index (κ3) is 2.73. The Morgan fingerprint density at radius 2 is 1.81 bits per heavy atom. The van der Waals surface area contributed by atoms with Crippen LogP contribution in [0.3, 0.4) is 0 Å². The van der Waals surface area contributed by atoms with E-state index >= 15 is 0 Å². The maximum atomic E-state index is 11.8. The summed E-state index contributed by atoms with van der Waals surface area (Å²) in [5.41, 5.74) is 0.308. The molecule has 1 N–H and O–H groups in total. The molecule has 0 aliphatic heterocycles. The van der Waals surface area contributed by atoms with Crippen LogP contribution in [0.1, 0.15) is 97.8 Å². The molecule has 4 rings (SSSR count). The second-order valence-corrected chi connectivity index (χ2v) is 11.1. The predicted octanol–water partition coefficient (Wildman–Crippen LogP) is 5.77. The molecule has 0 unspecified atom stereocenters. The fraction of sp³-hybridized carbons (Fsp3) is 0.958. The molecule has 4 aliphatic rings. The molecule has 4 fully saturated rings. The van der Waals surface area contributed by atoms with Crippen molar-refractivity contribution in [2.45, 2.75) is 103 Å². The lowest BCUT2D eigenvalue weighted by molar-refractivity contribution is -0.174. The van der Waals surface area contributed by atoms with Crippen molar-refractivity contribution < 1.29 is 9.90 Å². The van der Waals surface area contributed by atoms with Crippen LogP contribution in [0.15, 0.2) is 0 Å². The van der Waals surface area contributed by atoms with Crippen molar-refractivity contribution in [3.8, 4) is 0 Å². The van der Waals surface area contributed by atoms with Crippen molar-refractivity contribution >= 4 is 6.29 Å². The number of aliphatic hydroxyl groups is 1. The molecule has 2 heteroatoms. The summed E-state index contributed by atoms with van der Waals surface area (Å²) in [7, 11) is 0. The molecule has 8 atom stereocenters.